The first kappa shape index (κ1) is 26.3. The number of pyridine rings is 2. The first-order valence-corrected chi connectivity index (χ1v) is 12.1. The number of piperazine rings is 1. The van der Waals surface area contributed by atoms with Crippen LogP contribution < -0.4 is 15.5 Å². The van der Waals surface area contributed by atoms with Crippen LogP contribution in [0.25, 0.3) is 0 Å². The molecule has 38 heavy (non-hydrogen) atoms. The Morgan fingerprint density at radius 3 is 2.39 bits per heavy atom. The normalized spacial score (nSPS) is 13.6. The molecule has 1 aromatic carbocycles. The molecular weight excluding hydrogens is 490 g/mol. The molecule has 0 spiro atoms. The molecule has 4 rings (SSSR count). The maximum atomic E-state index is 12.5. The maximum Gasteiger partial charge on any atom is 0.410 e. The van der Waals surface area contributed by atoms with E-state index < -0.39 is 10.5 Å². The zero-order valence-corrected chi connectivity index (χ0v) is 21.4. The van der Waals surface area contributed by atoms with E-state index >= 15 is 0 Å². The molecule has 3 aromatic rings. The smallest absolute Gasteiger partial charge is 0.410 e. The first-order valence-electron chi connectivity index (χ1n) is 12.1. The zero-order valence-electron chi connectivity index (χ0n) is 21.4. The largest absolute Gasteiger partial charge is 0.444 e. The van der Waals surface area contributed by atoms with Gasteiger partial charge in [0.15, 0.2) is 0 Å². The highest BCUT2D eigenvalue weighted by Crippen LogP contribution is 2.29. The highest BCUT2D eigenvalue weighted by Gasteiger charge is 2.27. The average Bonchev–Trinajstić information content (AvgIpc) is 2.88. The van der Waals surface area contributed by atoms with Crippen molar-refractivity contribution in [3.8, 4) is 0 Å². The summed E-state index contributed by atoms with van der Waals surface area (Å²) in [4.78, 5) is 48.3. The molecule has 12 heteroatoms. The summed E-state index contributed by atoms with van der Waals surface area (Å²) in [7, 11) is 0. The Balaban J connectivity index is 1.47. The highest BCUT2D eigenvalue weighted by molar-refractivity contribution is 6.03. The van der Waals surface area contributed by atoms with Crippen LogP contribution in [0.4, 0.5) is 33.6 Å². The lowest BCUT2D eigenvalue weighted by molar-refractivity contribution is -0.384. The van der Waals surface area contributed by atoms with Gasteiger partial charge >= 0.3 is 11.8 Å². The maximum absolute atomic E-state index is 12.5. The van der Waals surface area contributed by atoms with E-state index in [1.54, 1.807) is 47.4 Å². The molecule has 1 fully saturated rings. The minimum Gasteiger partial charge on any atom is -0.444 e. The second-order valence-corrected chi connectivity index (χ2v) is 9.62. The molecule has 0 radical (unpaired) electrons. The summed E-state index contributed by atoms with van der Waals surface area (Å²) in [5, 5.41) is 17.4. The van der Waals surface area contributed by atoms with Gasteiger partial charge in [0.2, 0.25) is 5.82 Å². The fraction of sp³-hybridized carbons (Fsp3) is 0.308. The second-order valence-electron chi connectivity index (χ2n) is 9.62. The van der Waals surface area contributed by atoms with Crippen LogP contribution in [0.1, 0.15) is 31.1 Å². The molecule has 2 N–H and O–H groups in total. The van der Waals surface area contributed by atoms with Gasteiger partial charge in [-0.05, 0) is 45.0 Å². The third-order valence-corrected chi connectivity index (χ3v) is 5.61. The second kappa shape index (κ2) is 11.1. The number of nitrogens with one attached hydrogen (secondary N) is 2. The predicted molar refractivity (Wildman–Crippen MR) is 143 cm³/mol. The molecule has 198 valence electrons. The van der Waals surface area contributed by atoms with E-state index in [1.807, 2.05) is 31.7 Å². The van der Waals surface area contributed by atoms with Crippen molar-refractivity contribution in [1.29, 1.82) is 0 Å². The Morgan fingerprint density at radius 1 is 1.03 bits per heavy atom. The lowest BCUT2D eigenvalue weighted by atomic mass is 10.2. The van der Waals surface area contributed by atoms with Gasteiger partial charge in [0, 0.05) is 55.8 Å². The van der Waals surface area contributed by atoms with E-state index in [-0.39, 0.29) is 29.3 Å². The summed E-state index contributed by atoms with van der Waals surface area (Å²) in [5.74, 6) is 0.537. The van der Waals surface area contributed by atoms with Crippen LogP contribution >= 0.6 is 0 Å². The summed E-state index contributed by atoms with van der Waals surface area (Å²) in [6.07, 6.45) is 1.11. The number of aromatic nitrogens is 2. The molecule has 12 nitrogen and oxygen atoms in total. The fourth-order valence-electron chi connectivity index (χ4n) is 3.79. The van der Waals surface area contributed by atoms with Crippen molar-refractivity contribution in [3.63, 3.8) is 0 Å². The van der Waals surface area contributed by atoms with Gasteiger partial charge in [0.1, 0.15) is 17.2 Å². The molecule has 0 saturated carbocycles. The number of nitrogens with zero attached hydrogens (tertiary/aromatic N) is 5. The van der Waals surface area contributed by atoms with Gasteiger partial charge in [0.25, 0.3) is 5.91 Å². The van der Waals surface area contributed by atoms with Crippen LogP contribution in [0.5, 0.6) is 0 Å². The zero-order chi connectivity index (χ0) is 27.3. The van der Waals surface area contributed by atoms with Gasteiger partial charge in [-0.1, -0.05) is 18.2 Å². The van der Waals surface area contributed by atoms with E-state index in [1.165, 1.54) is 12.3 Å². The lowest BCUT2D eigenvalue weighted by Gasteiger charge is -2.36. The number of hydrogen-bond donors (Lipinski definition) is 2. The molecule has 1 aliphatic heterocycles. The molecular formula is C26H29N7O5. The lowest BCUT2D eigenvalue weighted by Crippen LogP contribution is -2.50. The monoisotopic (exact) mass is 519 g/mol. The number of rotatable bonds is 6. The van der Waals surface area contributed by atoms with Crippen LogP contribution in [0.3, 0.4) is 0 Å². The predicted octanol–water partition coefficient (Wildman–Crippen LogP) is 4.44. The van der Waals surface area contributed by atoms with E-state index in [9.17, 15) is 19.7 Å². The van der Waals surface area contributed by atoms with Crippen LogP contribution in [0.15, 0.2) is 60.8 Å². The van der Waals surface area contributed by atoms with Crippen LogP contribution in [-0.2, 0) is 4.74 Å². The first-order chi connectivity index (χ1) is 18.1. The van der Waals surface area contributed by atoms with E-state index in [0.717, 1.165) is 0 Å². The van der Waals surface area contributed by atoms with Crippen LogP contribution in [0.2, 0.25) is 0 Å². The van der Waals surface area contributed by atoms with Gasteiger partial charge in [-0.2, -0.15) is 0 Å². The van der Waals surface area contributed by atoms with Gasteiger partial charge in [-0.15, -0.1) is 0 Å². The number of anilines is 4. The molecule has 2 aromatic heterocycles. The number of carbonyl (C=O) groups is 2. The van der Waals surface area contributed by atoms with Crippen molar-refractivity contribution in [2.45, 2.75) is 26.4 Å². The van der Waals surface area contributed by atoms with Crippen molar-refractivity contribution < 1.29 is 19.2 Å². The molecule has 1 aliphatic rings. The highest BCUT2D eigenvalue weighted by atomic mass is 16.6. The SMILES string of the molecule is CC(C)(C)OC(=O)N1CCN(c2ccc([N+](=O)[O-])c(Nc3ccnc(NC(=O)c4ccccc4)c3)n2)CC1. The van der Waals surface area contributed by atoms with E-state index in [4.69, 9.17) is 4.74 Å². The molecule has 0 unspecified atom stereocenters. The Kier molecular flexibility index (Phi) is 7.70. The molecule has 2 amide bonds. The van der Waals surface area contributed by atoms with Gasteiger partial charge in [-0.3, -0.25) is 14.9 Å². The summed E-state index contributed by atoms with van der Waals surface area (Å²) < 4.78 is 5.44. The van der Waals surface area contributed by atoms with Crippen molar-refractivity contribution in [2.75, 3.05) is 41.7 Å². The number of carbonyl (C=O) groups excluding carboxylic acids is 2. The molecule has 0 aliphatic carbocycles. The standard InChI is InChI=1S/C26H29N7O5/c1-26(2,3)38-25(35)32-15-13-31(14-16-32)22-10-9-20(33(36)37)23(30-22)28-19-11-12-27-21(17-19)29-24(34)18-7-5-4-6-8-18/h4-12,17H,13-16H2,1-3H3,(H2,27,28,29,30,34). The van der Waals surface area contributed by atoms with Gasteiger partial charge < -0.3 is 25.2 Å². The van der Waals surface area contributed by atoms with Crippen molar-refractivity contribution in [2.24, 2.45) is 0 Å². The summed E-state index contributed by atoms with van der Waals surface area (Å²) in [5.41, 5.74) is 0.162. The third kappa shape index (κ3) is 6.72. The van der Waals surface area contributed by atoms with E-state index in [0.29, 0.717) is 43.2 Å². The minimum atomic E-state index is -0.577. The number of benzene rings is 1. The molecule has 3 heterocycles. The quantitative estimate of drug-likeness (QED) is 0.357. The molecule has 0 atom stereocenters. The number of amides is 2. The van der Waals surface area contributed by atoms with Crippen molar-refractivity contribution in [1.82, 2.24) is 14.9 Å². The Morgan fingerprint density at radius 2 is 1.74 bits per heavy atom. The fourth-order valence-corrected chi connectivity index (χ4v) is 3.79. The topological polar surface area (TPSA) is 143 Å². The number of ether oxygens (including phenoxy) is 1. The summed E-state index contributed by atoms with van der Waals surface area (Å²) >= 11 is 0. The van der Waals surface area contributed by atoms with Crippen molar-refractivity contribution in [3.05, 3.63) is 76.5 Å². The molecule has 1 saturated heterocycles. The Bertz CT molecular complexity index is 1320. The minimum absolute atomic E-state index is 0.0496. The van der Waals surface area contributed by atoms with Crippen molar-refractivity contribution >= 4 is 40.8 Å². The van der Waals surface area contributed by atoms with Gasteiger partial charge in [0.05, 0.1) is 4.92 Å². The number of hydrogen-bond acceptors (Lipinski definition) is 9. The van der Waals surface area contributed by atoms with Crippen LogP contribution in [-0.4, -0.2) is 63.6 Å². The third-order valence-electron chi connectivity index (χ3n) is 5.61. The number of nitro groups is 1. The summed E-state index contributed by atoms with van der Waals surface area (Å²) in [6, 6.07) is 14.9. The van der Waals surface area contributed by atoms with Gasteiger partial charge in [-0.25, -0.2) is 14.8 Å². The Hall–Kier alpha value is -4.74. The van der Waals surface area contributed by atoms with E-state index in [2.05, 4.69) is 20.6 Å². The average molecular weight is 520 g/mol. The molecule has 0 bridgehead atoms. The van der Waals surface area contributed by atoms with Crippen LogP contribution in [0, 0.1) is 10.1 Å². The summed E-state index contributed by atoms with van der Waals surface area (Å²) in [6.45, 7) is 7.32. The Labute approximate surface area is 219 Å².